The fourth-order valence-electron chi connectivity index (χ4n) is 5.38. The van der Waals surface area contributed by atoms with E-state index in [2.05, 4.69) is 25.4 Å². The van der Waals surface area contributed by atoms with Crippen molar-refractivity contribution in [1.29, 1.82) is 0 Å². The minimum atomic E-state index is -3.91. The number of anilines is 1. The van der Waals surface area contributed by atoms with Gasteiger partial charge in [-0.05, 0) is 79.4 Å². The molecule has 0 radical (unpaired) electrons. The van der Waals surface area contributed by atoms with E-state index in [0.717, 1.165) is 18.5 Å². The first-order valence-electron chi connectivity index (χ1n) is 14.6. The Morgan fingerprint density at radius 1 is 1.00 bits per heavy atom. The summed E-state index contributed by atoms with van der Waals surface area (Å²) in [5, 5.41) is 19.5. The zero-order valence-corrected chi connectivity index (χ0v) is 25.6. The predicted octanol–water partition coefficient (Wildman–Crippen LogP) is 4.11. The van der Waals surface area contributed by atoms with Crippen molar-refractivity contribution in [2.45, 2.75) is 24.8 Å². The Bertz CT molecular complexity index is 2040. The first kappa shape index (κ1) is 30.9. The highest BCUT2D eigenvalue weighted by molar-refractivity contribution is 7.92. The van der Waals surface area contributed by atoms with Crippen molar-refractivity contribution in [2.24, 2.45) is 0 Å². The molecule has 0 atom stereocenters. The Kier molecular flexibility index (Phi) is 8.28. The maximum atomic E-state index is 13.7. The van der Waals surface area contributed by atoms with Crippen LogP contribution in [0.5, 0.6) is 0 Å². The monoisotopic (exact) mass is 642 g/mol. The number of hydrogen-bond donors (Lipinski definition) is 4. The highest BCUT2D eigenvalue weighted by Crippen LogP contribution is 2.44. The molecule has 0 saturated heterocycles. The van der Waals surface area contributed by atoms with Crippen LogP contribution in [0.2, 0.25) is 0 Å². The molecule has 1 saturated carbocycles. The lowest BCUT2D eigenvalue weighted by Gasteiger charge is -2.18. The molecular weight excluding hydrogens is 611 g/mol. The number of nitrogens with zero attached hydrogens (tertiary/aromatic N) is 3. The molecule has 5 aromatic rings. The number of carbonyl (C=O) groups is 2. The molecule has 236 valence electrons. The Hall–Kier alpha value is -5.14. The quantitative estimate of drug-likeness (QED) is 0.169. The van der Waals surface area contributed by atoms with E-state index in [9.17, 15) is 27.5 Å². The van der Waals surface area contributed by atoms with Crippen LogP contribution in [0.3, 0.4) is 0 Å². The van der Waals surface area contributed by atoms with Gasteiger partial charge in [0.05, 0.1) is 40.0 Å². The Morgan fingerprint density at radius 3 is 2.46 bits per heavy atom. The van der Waals surface area contributed by atoms with E-state index in [1.54, 1.807) is 36.5 Å². The van der Waals surface area contributed by atoms with Crippen molar-refractivity contribution in [3.8, 4) is 22.4 Å². The van der Waals surface area contributed by atoms with Crippen LogP contribution in [0, 0.1) is 5.82 Å². The molecule has 46 heavy (non-hydrogen) atoms. The van der Waals surface area contributed by atoms with Gasteiger partial charge in [-0.3, -0.25) is 19.3 Å². The molecule has 3 heterocycles. The second-order valence-corrected chi connectivity index (χ2v) is 12.9. The van der Waals surface area contributed by atoms with Gasteiger partial charge >= 0.3 is 0 Å². The van der Waals surface area contributed by atoms with Gasteiger partial charge in [-0.25, -0.2) is 17.3 Å². The predicted molar refractivity (Wildman–Crippen MR) is 171 cm³/mol. The molecule has 0 spiro atoms. The van der Waals surface area contributed by atoms with Gasteiger partial charge in [0.2, 0.25) is 10.0 Å². The average Bonchev–Trinajstić information content (AvgIpc) is 3.75. The van der Waals surface area contributed by atoms with Crippen LogP contribution in [0.15, 0.2) is 85.2 Å². The number of aliphatic hydroxyl groups excluding tert-OH is 1. The SMILES string of the molecule is CNC(=O)c1c(-c2ccc(F)cc2)nn2cc(NS(=O)(=O)CCCO)c(-c3cccc(C(=O)NC4(c5ccccn5)CC4)c3)cc12. The molecule has 3 aromatic heterocycles. The second-order valence-electron chi connectivity index (χ2n) is 11.1. The number of rotatable bonds is 11. The highest BCUT2D eigenvalue weighted by atomic mass is 32.2. The molecule has 0 bridgehead atoms. The van der Waals surface area contributed by atoms with E-state index < -0.39 is 27.3 Å². The van der Waals surface area contributed by atoms with Crippen molar-refractivity contribution >= 4 is 33.0 Å². The van der Waals surface area contributed by atoms with Crippen molar-refractivity contribution in [3.05, 3.63) is 108 Å². The second kappa shape index (κ2) is 12.3. The molecular formula is C33H31FN6O5S. The van der Waals surface area contributed by atoms with Gasteiger partial charge in [0, 0.05) is 36.5 Å². The van der Waals surface area contributed by atoms with Crippen LogP contribution in [0.4, 0.5) is 10.1 Å². The maximum absolute atomic E-state index is 13.7. The largest absolute Gasteiger partial charge is 0.396 e. The van der Waals surface area contributed by atoms with Crippen molar-refractivity contribution < 1.29 is 27.5 Å². The lowest BCUT2D eigenvalue weighted by Crippen LogP contribution is -2.35. The molecule has 6 rings (SSSR count). The fourth-order valence-corrected chi connectivity index (χ4v) is 6.48. The zero-order valence-electron chi connectivity index (χ0n) is 24.8. The average molecular weight is 643 g/mol. The van der Waals surface area contributed by atoms with Crippen LogP contribution < -0.4 is 15.4 Å². The Labute approximate surface area is 264 Å². The number of aliphatic hydroxyl groups is 1. The molecule has 2 aromatic carbocycles. The summed E-state index contributed by atoms with van der Waals surface area (Å²) in [6, 6.07) is 19.5. The normalized spacial score (nSPS) is 13.7. The van der Waals surface area contributed by atoms with Crippen molar-refractivity contribution in [2.75, 3.05) is 24.1 Å². The minimum absolute atomic E-state index is 0.0257. The van der Waals surface area contributed by atoms with Gasteiger partial charge in [0.15, 0.2) is 0 Å². The molecule has 1 aliphatic carbocycles. The van der Waals surface area contributed by atoms with E-state index >= 15 is 0 Å². The van der Waals surface area contributed by atoms with E-state index in [1.165, 1.54) is 42.0 Å². The molecule has 11 nitrogen and oxygen atoms in total. The number of carbonyl (C=O) groups excluding carboxylic acids is 2. The molecule has 0 unspecified atom stereocenters. The van der Waals surface area contributed by atoms with Gasteiger partial charge in [0.1, 0.15) is 11.5 Å². The van der Waals surface area contributed by atoms with Crippen LogP contribution in [0.1, 0.15) is 45.7 Å². The zero-order chi connectivity index (χ0) is 32.5. The first-order chi connectivity index (χ1) is 22.1. The van der Waals surface area contributed by atoms with Crippen LogP contribution in [-0.4, -0.2) is 59.3 Å². The van der Waals surface area contributed by atoms with E-state index in [0.29, 0.717) is 27.8 Å². The molecule has 13 heteroatoms. The molecule has 1 aliphatic rings. The van der Waals surface area contributed by atoms with Gasteiger partial charge in [-0.2, -0.15) is 5.10 Å². The van der Waals surface area contributed by atoms with Crippen LogP contribution >= 0.6 is 0 Å². The van der Waals surface area contributed by atoms with Crippen LogP contribution in [-0.2, 0) is 15.6 Å². The number of pyridine rings is 2. The summed E-state index contributed by atoms with van der Waals surface area (Å²) in [7, 11) is -2.43. The third-order valence-corrected chi connectivity index (χ3v) is 9.23. The minimum Gasteiger partial charge on any atom is -0.396 e. The highest BCUT2D eigenvalue weighted by Gasteiger charge is 2.47. The van der Waals surface area contributed by atoms with Gasteiger partial charge in [0.25, 0.3) is 11.8 Å². The van der Waals surface area contributed by atoms with Crippen LogP contribution in [0.25, 0.3) is 27.9 Å². The number of hydrogen-bond acceptors (Lipinski definition) is 7. The van der Waals surface area contributed by atoms with Gasteiger partial charge in [-0.15, -0.1) is 0 Å². The summed E-state index contributed by atoms with van der Waals surface area (Å²) in [6.07, 6.45) is 4.68. The smallest absolute Gasteiger partial charge is 0.255 e. The number of nitrogens with one attached hydrogen (secondary N) is 3. The summed E-state index contributed by atoms with van der Waals surface area (Å²) >= 11 is 0. The summed E-state index contributed by atoms with van der Waals surface area (Å²) in [5.41, 5.74) is 2.92. The standard InChI is InChI=1S/C33H31FN6O5S/c1-35-32(43)29-27-19-25(22-6-4-7-23(18-22)31(42)37-33(13-14-33)28-8-2-3-15-36-28)26(39-46(44,45)17-5-16-41)20-40(27)38-30(29)21-9-11-24(34)12-10-21/h2-4,6-12,15,18-20,39,41H,5,13-14,16-17H2,1H3,(H,35,43)(H,37,42). The summed E-state index contributed by atoms with van der Waals surface area (Å²) in [6.45, 7) is -0.306. The molecule has 1 fully saturated rings. The number of benzene rings is 2. The van der Waals surface area contributed by atoms with Gasteiger partial charge in [-0.1, -0.05) is 18.2 Å². The summed E-state index contributed by atoms with van der Waals surface area (Å²) in [4.78, 5) is 31.1. The van der Waals surface area contributed by atoms with E-state index in [1.807, 2.05) is 18.2 Å². The van der Waals surface area contributed by atoms with Crippen molar-refractivity contribution in [3.63, 3.8) is 0 Å². The Morgan fingerprint density at radius 2 is 1.78 bits per heavy atom. The third-order valence-electron chi connectivity index (χ3n) is 7.87. The maximum Gasteiger partial charge on any atom is 0.255 e. The number of aromatic nitrogens is 3. The molecule has 2 amide bonds. The molecule has 4 N–H and O–H groups in total. The Balaban J connectivity index is 1.47. The number of halogens is 1. The van der Waals surface area contributed by atoms with Gasteiger partial charge < -0.3 is 15.7 Å². The summed E-state index contributed by atoms with van der Waals surface area (Å²) < 4.78 is 43.7. The molecule has 0 aliphatic heterocycles. The van der Waals surface area contributed by atoms with E-state index in [4.69, 9.17) is 0 Å². The number of amides is 2. The first-order valence-corrected chi connectivity index (χ1v) is 16.3. The topological polar surface area (TPSA) is 155 Å². The fraction of sp³-hybridized carbons (Fsp3) is 0.212. The summed E-state index contributed by atoms with van der Waals surface area (Å²) in [5.74, 6) is -1.55. The number of sulfonamides is 1. The van der Waals surface area contributed by atoms with Crippen molar-refractivity contribution in [1.82, 2.24) is 25.2 Å². The lowest BCUT2D eigenvalue weighted by molar-refractivity contribution is 0.0928. The lowest BCUT2D eigenvalue weighted by atomic mass is 10.00. The van der Waals surface area contributed by atoms with E-state index in [-0.39, 0.29) is 41.6 Å². The number of fused-ring (bicyclic) bond motifs is 1. The third kappa shape index (κ3) is 6.19.